The number of nitrogens with one attached hydrogen (secondary N) is 1. The Morgan fingerprint density at radius 3 is 3.00 bits per heavy atom. The SMILES string of the molecule is CCOc1cc(CSc2ncnc3nc[nH]c23)ccc1[N+](=O)[O-]. The van der Waals surface area contributed by atoms with Gasteiger partial charge in [-0.25, -0.2) is 15.0 Å². The Kier molecular flexibility index (Phi) is 4.38. The summed E-state index contributed by atoms with van der Waals surface area (Å²) < 4.78 is 5.36. The number of H-pyrrole nitrogens is 1. The average Bonchev–Trinajstić information content (AvgIpc) is 3.02. The quantitative estimate of drug-likeness (QED) is 0.320. The van der Waals surface area contributed by atoms with Gasteiger partial charge in [-0.1, -0.05) is 17.8 Å². The average molecular weight is 331 g/mol. The molecule has 1 N–H and O–H groups in total. The van der Waals surface area contributed by atoms with Crippen LogP contribution < -0.4 is 4.74 Å². The maximum absolute atomic E-state index is 11.0. The van der Waals surface area contributed by atoms with Crippen LogP contribution in [-0.4, -0.2) is 31.5 Å². The van der Waals surface area contributed by atoms with Gasteiger partial charge in [0.05, 0.1) is 17.9 Å². The molecule has 0 radical (unpaired) electrons. The Bertz CT molecular complexity index is 851. The normalized spacial score (nSPS) is 10.8. The number of hydrogen-bond acceptors (Lipinski definition) is 7. The van der Waals surface area contributed by atoms with Crippen molar-refractivity contribution in [3.63, 3.8) is 0 Å². The highest BCUT2D eigenvalue weighted by Crippen LogP contribution is 2.31. The summed E-state index contributed by atoms with van der Waals surface area (Å²) in [6.07, 6.45) is 3.04. The predicted octanol–water partition coefficient (Wildman–Crippen LogP) is 2.95. The van der Waals surface area contributed by atoms with Crippen molar-refractivity contribution in [2.24, 2.45) is 0 Å². The highest BCUT2D eigenvalue weighted by Gasteiger charge is 2.15. The first kappa shape index (κ1) is 15.2. The zero-order valence-corrected chi connectivity index (χ0v) is 13.0. The van der Waals surface area contributed by atoms with Gasteiger partial charge in [-0.15, -0.1) is 0 Å². The molecule has 9 heteroatoms. The molecule has 0 aliphatic rings. The molecule has 2 heterocycles. The molecule has 0 unspecified atom stereocenters. The van der Waals surface area contributed by atoms with E-state index in [-0.39, 0.29) is 11.4 Å². The molecule has 0 saturated heterocycles. The van der Waals surface area contributed by atoms with Crippen LogP contribution in [0.5, 0.6) is 5.75 Å². The van der Waals surface area contributed by atoms with Gasteiger partial charge in [0.25, 0.3) is 0 Å². The van der Waals surface area contributed by atoms with Gasteiger partial charge in [0.15, 0.2) is 11.4 Å². The standard InChI is InChI=1S/C14H13N5O3S/c1-2-22-11-5-9(3-4-10(11)19(20)21)6-23-14-12-13(16-7-15-12)17-8-18-14/h3-5,7-8H,2,6H2,1H3,(H,15,16,17,18). The zero-order chi connectivity index (χ0) is 16.2. The molecule has 118 valence electrons. The first-order valence-electron chi connectivity index (χ1n) is 6.86. The van der Waals surface area contributed by atoms with Crippen LogP contribution in [0.4, 0.5) is 5.69 Å². The topological polar surface area (TPSA) is 107 Å². The number of ether oxygens (including phenoxy) is 1. The van der Waals surface area contributed by atoms with Crippen molar-refractivity contribution in [3.05, 3.63) is 46.5 Å². The number of imidazole rings is 1. The summed E-state index contributed by atoms with van der Waals surface area (Å²) in [5.74, 6) is 0.883. The van der Waals surface area contributed by atoms with Crippen molar-refractivity contribution in [2.75, 3.05) is 6.61 Å². The number of thioether (sulfide) groups is 1. The fourth-order valence-electron chi connectivity index (χ4n) is 2.07. The maximum Gasteiger partial charge on any atom is 0.310 e. The third-order valence-corrected chi connectivity index (χ3v) is 4.15. The molecule has 0 amide bonds. The van der Waals surface area contributed by atoms with Gasteiger partial charge in [-0.2, -0.15) is 0 Å². The first-order chi connectivity index (χ1) is 11.2. The van der Waals surface area contributed by atoms with Crippen LogP contribution in [0.2, 0.25) is 0 Å². The third-order valence-electron chi connectivity index (χ3n) is 3.08. The fourth-order valence-corrected chi connectivity index (χ4v) is 2.97. The van der Waals surface area contributed by atoms with Crippen LogP contribution >= 0.6 is 11.8 Å². The second-order valence-corrected chi connectivity index (χ2v) is 5.52. The van der Waals surface area contributed by atoms with Crippen molar-refractivity contribution >= 4 is 28.6 Å². The smallest absolute Gasteiger partial charge is 0.310 e. The number of aromatic amines is 1. The minimum absolute atomic E-state index is 0.0291. The molecule has 0 spiro atoms. The van der Waals surface area contributed by atoms with Crippen LogP contribution in [0.15, 0.2) is 35.9 Å². The molecular formula is C14H13N5O3S. The Labute approximate surface area is 135 Å². The van der Waals surface area contributed by atoms with E-state index in [4.69, 9.17) is 4.74 Å². The molecule has 0 saturated carbocycles. The summed E-state index contributed by atoms with van der Waals surface area (Å²) in [5.41, 5.74) is 2.28. The maximum atomic E-state index is 11.0. The zero-order valence-electron chi connectivity index (χ0n) is 12.2. The van der Waals surface area contributed by atoms with E-state index >= 15 is 0 Å². The van der Waals surface area contributed by atoms with Crippen LogP contribution in [0.1, 0.15) is 12.5 Å². The molecule has 3 aromatic rings. The lowest BCUT2D eigenvalue weighted by Crippen LogP contribution is -1.98. The van der Waals surface area contributed by atoms with Gasteiger partial charge in [0.2, 0.25) is 0 Å². The van der Waals surface area contributed by atoms with Crippen molar-refractivity contribution in [1.29, 1.82) is 0 Å². The van der Waals surface area contributed by atoms with Crippen molar-refractivity contribution in [1.82, 2.24) is 19.9 Å². The summed E-state index contributed by atoms with van der Waals surface area (Å²) in [5, 5.41) is 11.8. The second-order valence-electron chi connectivity index (χ2n) is 4.56. The third kappa shape index (κ3) is 3.24. The van der Waals surface area contributed by atoms with Crippen molar-refractivity contribution in [3.8, 4) is 5.75 Å². The fraction of sp³-hybridized carbons (Fsp3) is 0.214. The highest BCUT2D eigenvalue weighted by atomic mass is 32.2. The molecule has 0 fully saturated rings. The lowest BCUT2D eigenvalue weighted by molar-refractivity contribution is -0.385. The van der Waals surface area contributed by atoms with E-state index in [0.717, 1.165) is 16.1 Å². The second kappa shape index (κ2) is 6.61. The molecule has 0 aliphatic heterocycles. The summed E-state index contributed by atoms with van der Waals surface area (Å²) >= 11 is 1.50. The van der Waals surface area contributed by atoms with Crippen molar-refractivity contribution in [2.45, 2.75) is 17.7 Å². The minimum atomic E-state index is -0.444. The van der Waals surface area contributed by atoms with Gasteiger partial charge in [-0.3, -0.25) is 10.1 Å². The largest absolute Gasteiger partial charge is 0.487 e. The summed E-state index contributed by atoms with van der Waals surface area (Å²) in [6.45, 7) is 2.17. The van der Waals surface area contributed by atoms with E-state index in [2.05, 4.69) is 19.9 Å². The van der Waals surface area contributed by atoms with E-state index in [9.17, 15) is 10.1 Å². The minimum Gasteiger partial charge on any atom is -0.487 e. The van der Waals surface area contributed by atoms with Crippen molar-refractivity contribution < 1.29 is 9.66 Å². The molecule has 0 bridgehead atoms. The number of nitro groups is 1. The lowest BCUT2D eigenvalue weighted by Gasteiger charge is -2.07. The van der Waals surface area contributed by atoms with E-state index in [1.165, 1.54) is 24.2 Å². The Morgan fingerprint density at radius 2 is 2.22 bits per heavy atom. The molecule has 0 aliphatic carbocycles. The lowest BCUT2D eigenvalue weighted by atomic mass is 10.2. The number of benzene rings is 1. The number of nitrogens with zero attached hydrogens (tertiary/aromatic N) is 4. The van der Waals surface area contributed by atoms with Crippen LogP contribution in [0, 0.1) is 10.1 Å². The first-order valence-corrected chi connectivity index (χ1v) is 7.84. The number of nitro benzene ring substituents is 1. The highest BCUT2D eigenvalue weighted by molar-refractivity contribution is 7.98. The molecule has 8 nitrogen and oxygen atoms in total. The van der Waals surface area contributed by atoms with E-state index in [1.807, 2.05) is 0 Å². The van der Waals surface area contributed by atoms with Gasteiger partial charge in [-0.05, 0) is 18.6 Å². The molecule has 23 heavy (non-hydrogen) atoms. The summed E-state index contributed by atoms with van der Waals surface area (Å²) in [4.78, 5) is 26.0. The van der Waals surface area contributed by atoms with E-state index < -0.39 is 4.92 Å². The summed E-state index contributed by atoms with van der Waals surface area (Å²) in [6, 6.07) is 4.88. The Balaban J connectivity index is 1.81. The van der Waals surface area contributed by atoms with Crippen LogP contribution in [-0.2, 0) is 5.75 Å². The Hall–Kier alpha value is -2.68. The van der Waals surface area contributed by atoms with Gasteiger partial charge in [0, 0.05) is 11.8 Å². The van der Waals surface area contributed by atoms with Crippen LogP contribution in [0.25, 0.3) is 11.2 Å². The predicted molar refractivity (Wildman–Crippen MR) is 85.5 cm³/mol. The number of hydrogen-bond donors (Lipinski definition) is 1. The molecule has 0 atom stereocenters. The number of aromatic nitrogens is 4. The monoisotopic (exact) mass is 331 g/mol. The van der Waals surface area contributed by atoms with E-state index in [0.29, 0.717) is 18.0 Å². The molecule has 3 rings (SSSR count). The number of fused-ring (bicyclic) bond motifs is 1. The van der Waals surface area contributed by atoms with Gasteiger partial charge >= 0.3 is 5.69 Å². The Morgan fingerprint density at radius 1 is 1.35 bits per heavy atom. The van der Waals surface area contributed by atoms with Crippen LogP contribution in [0.3, 0.4) is 0 Å². The molecule has 1 aromatic carbocycles. The van der Waals surface area contributed by atoms with Gasteiger partial charge < -0.3 is 9.72 Å². The van der Waals surface area contributed by atoms with Gasteiger partial charge in [0.1, 0.15) is 16.9 Å². The molecular weight excluding hydrogens is 318 g/mol. The summed E-state index contributed by atoms with van der Waals surface area (Å²) in [7, 11) is 0. The number of rotatable bonds is 6. The van der Waals surface area contributed by atoms with E-state index in [1.54, 1.807) is 25.4 Å². The molecule has 2 aromatic heterocycles.